The summed E-state index contributed by atoms with van der Waals surface area (Å²) < 4.78 is 1.61. The van der Waals surface area contributed by atoms with E-state index in [1.54, 1.807) is 29.2 Å². The van der Waals surface area contributed by atoms with Gasteiger partial charge in [-0.05, 0) is 18.2 Å². The third kappa shape index (κ3) is 2.30. The first-order valence-corrected chi connectivity index (χ1v) is 6.79. The molecule has 0 atom stereocenters. The summed E-state index contributed by atoms with van der Waals surface area (Å²) in [5, 5.41) is 6.37. The van der Waals surface area contributed by atoms with Crippen molar-refractivity contribution in [2.24, 2.45) is 0 Å². The van der Waals surface area contributed by atoms with Crippen LogP contribution in [-0.2, 0) is 0 Å². The molecule has 2 N–H and O–H groups in total. The normalized spacial score (nSPS) is 10.8. The van der Waals surface area contributed by atoms with Crippen LogP contribution in [0.4, 0.5) is 5.13 Å². The second-order valence-electron chi connectivity index (χ2n) is 3.67. The van der Waals surface area contributed by atoms with Crippen LogP contribution in [0.3, 0.4) is 0 Å². The zero-order valence-electron chi connectivity index (χ0n) is 9.42. The molecule has 0 radical (unpaired) electrons. The van der Waals surface area contributed by atoms with Gasteiger partial charge in [-0.15, -0.1) is 0 Å². The van der Waals surface area contributed by atoms with E-state index in [1.807, 2.05) is 0 Å². The largest absolute Gasteiger partial charge is 0.375 e. The fraction of sp³-hybridized carbons (Fsp3) is 0. The smallest absolute Gasteiger partial charge is 0.182 e. The van der Waals surface area contributed by atoms with E-state index in [4.69, 9.17) is 28.9 Å². The molecule has 3 aromatic rings. The van der Waals surface area contributed by atoms with Gasteiger partial charge >= 0.3 is 0 Å². The maximum Gasteiger partial charge on any atom is 0.182 e. The summed E-state index contributed by atoms with van der Waals surface area (Å²) in [4.78, 5) is 8.22. The van der Waals surface area contributed by atoms with Crippen molar-refractivity contribution in [3.63, 3.8) is 0 Å². The van der Waals surface area contributed by atoms with Crippen LogP contribution in [0.2, 0.25) is 10.0 Å². The summed E-state index contributed by atoms with van der Waals surface area (Å²) in [5.41, 5.74) is 7.20. The molecule has 3 rings (SSSR count). The highest BCUT2D eigenvalue weighted by molar-refractivity contribution is 7.18. The minimum Gasteiger partial charge on any atom is -0.375 e. The number of nitrogens with zero attached hydrogens (tertiary/aromatic N) is 4. The Labute approximate surface area is 122 Å². The van der Waals surface area contributed by atoms with Crippen molar-refractivity contribution in [1.29, 1.82) is 0 Å². The van der Waals surface area contributed by atoms with Crippen LogP contribution in [0.25, 0.3) is 16.3 Å². The molecule has 1 aromatic carbocycles. The molecule has 0 amide bonds. The first-order chi connectivity index (χ1) is 9.15. The van der Waals surface area contributed by atoms with Crippen LogP contribution in [0.15, 0.2) is 30.9 Å². The Balaban J connectivity index is 2.20. The number of aromatic nitrogens is 4. The van der Waals surface area contributed by atoms with Gasteiger partial charge in [0.25, 0.3) is 0 Å². The van der Waals surface area contributed by atoms with Crippen molar-refractivity contribution in [3.05, 3.63) is 40.9 Å². The second kappa shape index (κ2) is 4.80. The standard InChI is InChI=1S/C11H7Cl2N5S/c12-6-1-2-7(8(13)3-6)9-10(19-11(14)17-9)18-5-15-4-16-18/h1-5H,(H2,14,17). The lowest BCUT2D eigenvalue weighted by Crippen LogP contribution is -1.94. The van der Waals surface area contributed by atoms with Crippen molar-refractivity contribution in [2.45, 2.75) is 0 Å². The fourth-order valence-electron chi connectivity index (χ4n) is 1.65. The highest BCUT2D eigenvalue weighted by Crippen LogP contribution is 2.37. The SMILES string of the molecule is Nc1nc(-c2ccc(Cl)cc2Cl)c(-n2cncn2)s1. The molecule has 0 unspecified atom stereocenters. The third-order valence-corrected chi connectivity index (χ3v) is 3.86. The van der Waals surface area contributed by atoms with Gasteiger partial charge in [-0.2, -0.15) is 5.10 Å². The Morgan fingerprint density at radius 3 is 2.79 bits per heavy atom. The number of hydrogen-bond donors (Lipinski definition) is 1. The number of anilines is 1. The van der Waals surface area contributed by atoms with Gasteiger partial charge in [-0.25, -0.2) is 14.6 Å². The van der Waals surface area contributed by atoms with E-state index < -0.39 is 0 Å². The Kier molecular flexibility index (Phi) is 3.14. The predicted molar refractivity (Wildman–Crippen MR) is 76.9 cm³/mol. The Bertz CT molecular complexity index is 723. The van der Waals surface area contributed by atoms with Crippen molar-refractivity contribution in [3.8, 4) is 16.3 Å². The lowest BCUT2D eigenvalue weighted by Gasteiger charge is -2.04. The molecule has 0 aliphatic heterocycles. The fourth-order valence-corrected chi connectivity index (χ4v) is 2.93. The molecule has 0 spiro atoms. The van der Waals surface area contributed by atoms with Gasteiger partial charge < -0.3 is 5.73 Å². The summed E-state index contributed by atoms with van der Waals surface area (Å²) in [6, 6.07) is 5.22. The maximum atomic E-state index is 6.20. The van der Waals surface area contributed by atoms with Crippen LogP contribution in [0.5, 0.6) is 0 Å². The molecule has 0 saturated carbocycles. The van der Waals surface area contributed by atoms with Gasteiger partial charge in [-0.1, -0.05) is 34.5 Å². The number of benzene rings is 1. The van der Waals surface area contributed by atoms with Gasteiger partial charge in [0, 0.05) is 10.6 Å². The van der Waals surface area contributed by atoms with Crippen molar-refractivity contribution in [1.82, 2.24) is 19.7 Å². The van der Waals surface area contributed by atoms with Crippen LogP contribution in [-0.4, -0.2) is 19.7 Å². The average molecular weight is 312 g/mol. The zero-order valence-corrected chi connectivity index (χ0v) is 11.7. The number of thiazole rings is 1. The first kappa shape index (κ1) is 12.4. The van der Waals surface area contributed by atoms with Crippen molar-refractivity contribution in [2.75, 3.05) is 5.73 Å². The molecule has 0 bridgehead atoms. The van der Waals surface area contributed by atoms with Crippen LogP contribution >= 0.6 is 34.5 Å². The minimum absolute atomic E-state index is 0.437. The topological polar surface area (TPSA) is 69.6 Å². The molecule has 0 saturated heterocycles. The number of hydrogen-bond acceptors (Lipinski definition) is 5. The Morgan fingerprint density at radius 2 is 2.11 bits per heavy atom. The lowest BCUT2D eigenvalue weighted by atomic mass is 10.1. The third-order valence-electron chi connectivity index (χ3n) is 2.44. The minimum atomic E-state index is 0.437. The summed E-state index contributed by atoms with van der Waals surface area (Å²) >= 11 is 13.4. The van der Waals surface area contributed by atoms with E-state index >= 15 is 0 Å². The number of nitrogens with two attached hydrogens (primary N) is 1. The average Bonchev–Trinajstić information content (AvgIpc) is 2.97. The van der Waals surface area contributed by atoms with Crippen LogP contribution in [0.1, 0.15) is 0 Å². The zero-order chi connectivity index (χ0) is 13.4. The highest BCUT2D eigenvalue weighted by atomic mass is 35.5. The molecule has 96 valence electrons. The van der Waals surface area contributed by atoms with Crippen molar-refractivity contribution >= 4 is 39.7 Å². The number of nitrogen functional groups attached to an aromatic ring is 1. The van der Waals surface area contributed by atoms with Gasteiger partial charge in [0.05, 0.1) is 5.02 Å². The second-order valence-corrected chi connectivity index (χ2v) is 5.52. The monoisotopic (exact) mass is 311 g/mol. The quantitative estimate of drug-likeness (QED) is 0.788. The molecular weight excluding hydrogens is 305 g/mol. The lowest BCUT2D eigenvalue weighted by molar-refractivity contribution is 0.895. The molecule has 2 heterocycles. The number of rotatable bonds is 2. The Morgan fingerprint density at radius 1 is 1.26 bits per heavy atom. The van der Waals surface area contributed by atoms with E-state index in [9.17, 15) is 0 Å². The molecule has 5 nitrogen and oxygen atoms in total. The van der Waals surface area contributed by atoms with Gasteiger partial charge in [0.15, 0.2) is 5.13 Å². The van der Waals surface area contributed by atoms with E-state index in [2.05, 4.69) is 15.1 Å². The van der Waals surface area contributed by atoms with E-state index in [0.717, 1.165) is 10.6 Å². The van der Waals surface area contributed by atoms with Crippen molar-refractivity contribution < 1.29 is 0 Å². The maximum absolute atomic E-state index is 6.20. The predicted octanol–water partition coefficient (Wildman–Crippen LogP) is 3.28. The molecular formula is C11H7Cl2N5S. The molecule has 8 heteroatoms. The first-order valence-electron chi connectivity index (χ1n) is 5.22. The highest BCUT2D eigenvalue weighted by Gasteiger charge is 2.16. The summed E-state index contributed by atoms with van der Waals surface area (Å²) in [7, 11) is 0. The molecule has 0 aliphatic carbocycles. The van der Waals surface area contributed by atoms with E-state index in [0.29, 0.717) is 20.9 Å². The molecule has 0 fully saturated rings. The van der Waals surface area contributed by atoms with E-state index in [-0.39, 0.29) is 0 Å². The van der Waals surface area contributed by atoms with Gasteiger partial charge in [-0.3, -0.25) is 0 Å². The molecule has 19 heavy (non-hydrogen) atoms. The van der Waals surface area contributed by atoms with E-state index in [1.165, 1.54) is 17.7 Å². The summed E-state index contributed by atoms with van der Waals surface area (Å²) in [6.07, 6.45) is 3.03. The van der Waals surface area contributed by atoms with Gasteiger partial charge in [0.2, 0.25) is 0 Å². The summed E-state index contributed by atoms with van der Waals surface area (Å²) in [5.74, 6) is 0. The Hall–Kier alpha value is -1.63. The molecule has 2 aromatic heterocycles. The number of halogens is 2. The van der Waals surface area contributed by atoms with Crippen LogP contribution in [0, 0.1) is 0 Å². The summed E-state index contributed by atoms with van der Waals surface area (Å²) in [6.45, 7) is 0. The van der Waals surface area contributed by atoms with Crippen LogP contribution < -0.4 is 5.73 Å². The van der Waals surface area contributed by atoms with Gasteiger partial charge in [0.1, 0.15) is 23.3 Å². The molecule has 0 aliphatic rings.